The topological polar surface area (TPSA) is 29.3 Å². The minimum absolute atomic E-state index is 0.253. The van der Waals surface area contributed by atoms with Gasteiger partial charge in [0.25, 0.3) is 0 Å². The number of nitrogens with zero attached hydrogens (tertiary/aromatic N) is 1. The average molecular weight is 262 g/mol. The predicted octanol–water partition coefficient (Wildman–Crippen LogP) is 3.06. The van der Waals surface area contributed by atoms with Gasteiger partial charge in [0, 0.05) is 26.2 Å². The number of halogens is 2. The van der Waals surface area contributed by atoms with Crippen LogP contribution in [0, 0.1) is 11.6 Å². The maximum absolute atomic E-state index is 13.6. The van der Waals surface area contributed by atoms with Crippen LogP contribution in [0.1, 0.15) is 11.1 Å². The normalized spacial score (nSPS) is 10.5. The van der Waals surface area contributed by atoms with Crippen LogP contribution >= 0.6 is 0 Å². The van der Waals surface area contributed by atoms with Crippen LogP contribution in [0.3, 0.4) is 0 Å². The molecule has 4 heteroatoms. The molecule has 2 nitrogen and oxygen atoms in total. The van der Waals surface area contributed by atoms with Gasteiger partial charge in [-0.3, -0.25) is 0 Å². The zero-order chi connectivity index (χ0) is 13.8. The first kappa shape index (κ1) is 13.5. The van der Waals surface area contributed by atoms with Crippen LogP contribution in [0.4, 0.5) is 14.5 Å². The van der Waals surface area contributed by atoms with Crippen LogP contribution < -0.4 is 10.6 Å². The Balaban J connectivity index is 2.15. The van der Waals surface area contributed by atoms with E-state index < -0.39 is 11.6 Å². The Kier molecular flexibility index (Phi) is 4.12. The molecule has 0 spiro atoms. The van der Waals surface area contributed by atoms with Gasteiger partial charge in [-0.2, -0.15) is 0 Å². The highest BCUT2D eigenvalue weighted by atomic mass is 19.1. The molecule has 2 aromatic carbocycles. The zero-order valence-electron chi connectivity index (χ0n) is 10.7. The van der Waals surface area contributed by atoms with Crippen molar-refractivity contribution in [1.29, 1.82) is 0 Å². The Morgan fingerprint density at radius 2 is 1.63 bits per heavy atom. The first-order chi connectivity index (χ1) is 9.10. The molecule has 0 aliphatic heterocycles. The molecule has 100 valence electrons. The first-order valence-electron chi connectivity index (χ1n) is 6.04. The van der Waals surface area contributed by atoms with Gasteiger partial charge in [0.05, 0.1) is 5.69 Å². The summed E-state index contributed by atoms with van der Waals surface area (Å²) in [4.78, 5) is 1.68. The van der Waals surface area contributed by atoms with Crippen molar-refractivity contribution >= 4 is 5.69 Å². The summed E-state index contributed by atoms with van der Waals surface area (Å²) in [6.07, 6.45) is 0. The van der Waals surface area contributed by atoms with Crippen molar-refractivity contribution < 1.29 is 8.78 Å². The second kappa shape index (κ2) is 5.80. The van der Waals surface area contributed by atoms with Crippen LogP contribution in [0.25, 0.3) is 0 Å². The van der Waals surface area contributed by atoms with Gasteiger partial charge in [-0.1, -0.05) is 24.3 Å². The summed E-state index contributed by atoms with van der Waals surface area (Å²) < 4.78 is 26.8. The number of hydrogen-bond acceptors (Lipinski definition) is 2. The fraction of sp³-hybridized carbons (Fsp3) is 0.200. The molecule has 0 bridgehead atoms. The molecule has 0 aliphatic rings. The van der Waals surface area contributed by atoms with Gasteiger partial charge in [0.15, 0.2) is 0 Å². The van der Waals surface area contributed by atoms with Crippen molar-refractivity contribution in [2.45, 2.75) is 13.1 Å². The van der Waals surface area contributed by atoms with Crippen molar-refractivity contribution in [2.24, 2.45) is 5.73 Å². The minimum atomic E-state index is -0.443. The van der Waals surface area contributed by atoms with E-state index in [-0.39, 0.29) is 5.69 Å². The smallest absolute Gasteiger partial charge is 0.146 e. The molecular weight excluding hydrogens is 246 g/mol. The fourth-order valence-corrected chi connectivity index (χ4v) is 1.92. The van der Waals surface area contributed by atoms with Crippen molar-refractivity contribution in [3.05, 3.63) is 65.2 Å². The molecule has 2 aromatic rings. The molecule has 0 amide bonds. The summed E-state index contributed by atoms with van der Waals surface area (Å²) in [5, 5.41) is 0. The summed E-state index contributed by atoms with van der Waals surface area (Å²) in [7, 11) is 1.73. The second-order valence-electron chi connectivity index (χ2n) is 4.47. The van der Waals surface area contributed by atoms with Gasteiger partial charge in [-0.25, -0.2) is 8.78 Å². The minimum Gasteiger partial charge on any atom is -0.368 e. The number of hydrogen-bond donors (Lipinski definition) is 1. The van der Waals surface area contributed by atoms with Crippen LogP contribution in [-0.4, -0.2) is 7.05 Å². The van der Waals surface area contributed by atoms with E-state index in [2.05, 4.69) is 0 Å². The van der Waals surface area contributed by atoms with E-state index in [1.165, 1.54) is 6.07 Å². The third kappa shape index (κ3) is 3.29. The van der Waals surface area contributed by atoms with Gasteiger partial charge in [0.2, 0.25) is 0 Å². The third-order valence-electron chi connectivity index (χ3n) is 3.00. The van der Waals surface area contributed by atoms with E-state index in [0.717, 1.165) is 23.3 Å². The SMILES string of the molecule is CN(Cc1ccc(CN)cc1)c1cc(F)ccc1F. The number of rotatable bonds is 4. The zero-order valence-corrected chi connectivity index (χ0v) is 10.7. The van der Waals surface area contributed by atoms with Crippen LogP contribution in [0.5, 0.6) is 0 Å². The van der Waals surface area contributed by atoms with Crippen molar-refractivity contribution in [3.8, 4) is 0 Å². The lowest BCUT2D eigenvalue weighted by atomic mass is 10.1. The lowest BCUT2D eigenvalue weighted by Gasteiger charge is -2.20. The molecule has 0 saturated carbocycles. The molecular formula is C15H16F2N2. The standard InChI is InChI=1S/C15H16F2N2/c1-19(15-8-13(16)6-7-14(15)17)10-12-4-2-11(9-18)3-5-12/h2-8H,9-10,18H2,1H3. The Morgan fingerprint density at radius 1 is 1.00 bits per heavy atom. The molecule has 2 rings (SSSR count). The lowest BCUT2D eigenvalue weighted by molar-refractivity contribution is 0.596. The molecule has 0 aliphatic carbocycles. The Morgan fingerprint density at radius 3 is 2.26 bits per heavy atom. The summed E-state index contributed by atoms with van der Waals surface area (Å²) in [6.45, 7) is 1.000. The van der Waals surface area contributed by atoms with Crippen LogP contribution in [0.2, 0.25) is 0 Å². The highest BCUT2D eigenvalue weighted by Gasteiger charge is 2.09. The maximum Gasteiger partial charge on any atom is 0.146 e. The second-order valence-corrected chi connectivity index (χ2v) is 4.47. The molecule has 2 N–H and O–H groups in total. The van der Waals surface area contributed by atoms with Gasteiger partial charge >= 0.3 is 0 Å². The largest absolute Gasteiger partial charge is 0.368 e. The first-order valence-corrected chi connectivity index (χ1v) is 6.04. The van der Waals surface area contributed by atoms with Crippen molar-refractivity contribution in [3.63, 3.8) is 0 Å². The summed E-state index contributed by atoms with van der Waals surface area (Å²) in [5.74, 6) is -0.871. The highest BCUT2D eigenvalue weighted by molar-refractivity contribution is 5.47. The summed E-state index contributed by atoms with van der Waals surface area (Å²) >= 11 is 0. The Bertz CT molecular complexity index is 553. The molecule has 0 radical (unpaired) electrons. The fourth-order valence-electron chi connectivity index (χ4n) is 1.92. The monoisotopic (exact) mass is 262 g/mol. The molecule has 19 heavy (non-hydrogen) atoms. The van der Waals surface area contributed by atoms with E-state index in [1.807, 2.05) is 24.3 Å². The maximum atomic E-state index is 13.6. The molecule has 0 fully saturated rings. The molecule has 0 unspecified atom stereocenters. The highest BCUT2D eigenvalue weighted by Crippen LogP contribution is 2.21. The molecule has 0 aromatic heterocycles. The van der Waals surface area contributed by atoms with Gasteiger partial charge in [-0.05, 0) is 23.3 Å². The number of benzene rings is 2. The van der Waals surface area contributed by atoms with Gasteiger partial charge in [0.1, 0.15) is 11.6 Å². The number of nitrogens with two attached hydrogens (primary N) is 1. The van der Waals surface area contributed by atoms with Crippen LogP contribution in [0.15, 0.2) is 42.5 Å². The Hall–Kier alpha value is -1.94. The van der Waals surface area contributed by atoms with Crippen molar-refractivity contribution in [1.82, 2.24) is 0 Å². The van der Waals surface area contributed by atoms with Crippen LogP contribution in [-0.2, 0) is 13.1 Å². The van der Waals surface area contributed by atoms with Gasteiger partial charge in [-0.15, -0.1) is 0 Å². The lowest BCUT2D eigenvalue weighted by Crippen LogP contribution is -2.18. The number of anilines is 1. The Labute approximate surface area is 111 Å². The molecule has 0 heterocycles. The van der Waals surface area contributed by atoms with E-state index in [9.17, 15) is 8.78 Å². The summed E-state index contributed by atoms with van der Waals surface area (Å²) in [5.41, 5.74) is 7.84. The molecule has 0 saturated heterocycles. The van der Waals surface area contributed by atoms with E-state index in [0.29, 0.717) is 13.1 Å². The van der Waals surface area contributed by atoms with E-state index >= 15 is 0 Å². The van der Waals surface area contributed by atoms with Crippen molar-refractivity contribution in [2.75, 3.05) is 11.9 Å². The molecule has 0 atom stereocenters. The predicted molar refractivity (Wildman–Crippen MR) is 72.8 cm³/mol. The third-order valence-corrected chi connectivity index (χ3v) is 3.00. The van der Waals surface area contributed by atoms with E-state index in [1.54, 1.807) is 11.9 Å². The van der Waals surface area contributed by atoms with Gasteiger partial charge < -0.3 is 10.6 Å². The van der Waals surface area contributed by atoms with E-state index in [4.69, 9.17) is 5.73 Å². The average Bonchev–Trinajstić information content (AvgIpc) is 2.42. The quantitative estimate of drug-likeness (QED) is 0.917. The summed E-state index contributed by atoms with van der Waals surface area (Å²) in [6, 6.07) is 11.2.